The number of rotatable bonds is 14. The van der Waals surface area contributed by atoms with Gasteiger partial charge in [-0.3, -0.25) is 0 Å². The van der Waals surface area contributed by atoms with Gasteiger partial charge in [0.05, 0.1) is 0 Å². The van der Waals surface area contributed by atoms with Gasteiger partial charge in [-0.2, -0.15) is 0 Å². The van der Waals surface area contributed by atoms with Crippen LogP contribution < -0.4 is 0 Å². The number of aryl methyl sites for hydroxylation is 4. The molecule has 5 heterocycles. The van der Waals surface area contributed by atoms with Crippen LogP contribution in [0.15, 0.2) is 316 Å². The maximum Gasteiger partial charge on any atom is 0.117 e. The molecular formula is C98H85FIr5N5-5. The van der Waals surface area contributed by atoms with Crippen LogP contribution in [0.5, 0.6) is 0 Å². The largest absolute Gasteiger partial charge is 0.305 e. The van der Waals surface area contributed by atoms with Crippen LogP contribution in [0.25, 0.3) is 112 Å². The van der Waals surface area contributed by atoms with E-state index in [-0.39, 0.29) is 106 Å². The summed E-state index contributed by atoms with van der Waals surface area (Å²) in [5.74, 6) is 0.863. The van der Waals surface area contributed by atoms with E-state index in [0.717, 1.165) is 74.6 Å². The smallest absolute Gasteiger partial charge is 0.117 e. The first-order chi connectivity index (χ1) is 50.7. The molecule has 0 aliphatic rings. The Morgan fingerprint density at radius 3 is 1.05 bits per heavy atom. The Balaban J connectivity index is 0.000000211. The normalized spacial score (nSPS) is 10.2. The first-order valence-electron chi connectivity index (χ1n) is 35.5. The van der Waals surface area contributed by atoms with Crippen molar-refractivity contribution in [1.29, 1.82) is 0 Å². The van der Waals surface area contributed by atoms with Crippen molar-refractivity contribution in [2.24, 2.45) is 5.92 Å². The average Bonchev–Trinajstić information content (AvgIpc) is 0.813. The number of halogens is 1. The summed E-state index contributed by atoms with van der Waals surface area (Å²) < 4.78 is 13.2. The maximum absolute atomic E-state index is 13.2. The van der Waals surface area contributed by atoms with Crippen molar-refractivity contribution in [2.75, 3.05) is 0 Å². The summed E-state index contributed by atoms with van der Waals surface area (Å²) in [5, 5.41) is 0. The number of benzene rings is 10. The third-order valence-corrected chi connectivity index (χ3v) is 17.7. The molecule has 0 aliphatic heterocycles. The van der Waals surface area contributed by atoms with E-state index in [2.05, 4.69) is 293 Å². The predicted octanol–water partition coefficient (Wildman–Crippen LogP) is 25.3. The van der Waals surface area contributed by atoms with Gasteiger partial charge < -0.3 is 24.9 Å². The minimum absolute atomic E-state index is 0. The number of pyridine rings is 5. The molecule has 0 saturated carbocycles. The first kappa shape index (κ1) is 89.0. The fourth-order valence-electron chi connectivity index (χ4n) is 12.1. The van der Waals surface area contributed by atoms with Crippen molar-refractivity contribution in [1.82, 2.24) is 24.9 Å². The summed E-state index contributed by atoms with van der Waals surface area (Å²) in [6.07, 6.45) is 11.1. The van der Waals surface area contributed by atoms with Crippen LogP contribution in [0.2, 0.25) is 0 Å². The molecule has 5 aromatic heterocycles. The summed E-state index contributed by atoms with van der Waals surface area (Å²) in [6, 6.07) is 112. The zero-order valence-corrected chi connectivity index (χ0v) is 74.3. The Morgan fingerprint density at radius 1 is 0.312 bits per heavy atom. The number of nitrogens with zero attached hydrogens (tertiary/aromatic N) is 5. The molecular weight excluding hydrogens is 2230 g/mol. The molecule has 0 spiro atoms. The second-order valence-electron chi connectivity index (χ2n) is 26.4. The molecule has 0 fully saturated rings. The van der Waals surface area contributed by atoms with E-state index in [1.807, 2.05) is 122 Å². The third kappa shape index (κ3) is 26.1. The zero-order valence-electron chi connectivity index (χ0n) is 62.4. The average molecular weight is 2310 g/mol. The van der Waals surface area contributed by atoms with E-state index < -0.39 is 0 Å². The Kier molecular flexibility index (Phi) is 37.0. The minimum Gasteiger partial charge on any atom is -0.305 e. The van der Waals surface area contributed by atoms with Crippen LogP contribution in [0.4, 0.5) is 4.39 Å². The predicted molar refractivity (Wildman–Crippen MR) is 431 cm³/mol. The van der Waals surface area contributed by atoms with Gasteiger partial charge in [-0.15, -0.1) is 177 Å². The summed E-state index contributed by atoms with van der Waals surface area (Å²) in [5.41, 5.74) is 30.4. The van der Waals surface area contributed by atoms with Crippen molar-refractivity contribution in [3.05, 3.63) is 391 Å². The second kappa shape index (κ2) is 45.3. The Morgan fingerprint density at radius 2 is 0.651 bits per heavy atom. The van der Waals surface area contributed by atoms with Gasteiger partial charge in [-0.25, -0.2) is 4.39 Å². The van der Waals surface area contributed by atoms with Gasteiger partial charge >= 0.3 is 0 Å². The number of aromatic nitrogens is 5. The zero-order chi connectivity index (χ0) is 72.6. The third-order valence-electron chi connectivity index (χ3n) is 17.7. The fourth-order valence-corrected chi connectivity index (χ4v) is 12.1. The van der Waals surface area contributed by atoms with Gasteiger partial charge in [-0.1, -0.05) is 231 Å². The molecule has 0 unspecified atom stereocenters. The fraction of sp³-hybridized carbons (Fsp3) is 0.133. The van der Waals surface area contributed by atoms with E-state index in [1.54, 1.807) is 0 Å². The Labute approximate surface area is 713 Å². The summed E-state index contributed by atoms with van der Waals surface area (Å²) >= 11 is 0. The van der Waals surface area contributed by atoms with Gasteiger partial charge in [0.25, 0.3) is 0 Å². The molecule has 0 aliphatic carbocycles. The summed E-state index contributed by atoms with van der Waals surface area (Å²) in [7, 11) is 0. The van der Waals surface area contributed by atoms with E-state index in [9.17, 15) is 4.39 Å². The topological polar surface area (TPSA) is 64.5 Å². The van der Waals surface area contributed by atoms with E-state index in [1.165, 1.54) is 102 Å². The van der Waals surface area contributed by atoms with Crippen molar-refractivity contribution >= 4 is 0 Å². The van der Waals surface area contributed by atoms with E-state index in [4.69, 9.17) is 0 Å². The van der Waals surface area contributed by atoms with Gasteiger partial charge in [0.2, 0.25) is 0 Å². The van der Waals surface area contributed by atoms with Crippen LogP contribution in [0.1, 0.15) is 79.5 Å². The molecule has 0 amide bonds. The van der Waals surface area contributed by atoms with E-state index >= 15 is 0 Å². The number of hydrogen-bond donors (Lipinski definition) is 0. The summed E-state index contributed by atoms with van der Waals surface area (Å²) in [4.78, 5) is 22.2. The molecule has 11 heteroatoms. The monoisotopic (exact) mass is 2320 g/mol. The molecule has 109 heavy (non-hydrogen) atoms. The standard InChI is InChI=1S/2C21H20N.C20H18N.C19H16N.C17H11FN.5Ir/c1-14-10-15(2)12-20(11-14)18-6-5-7-19(13-18)21-17(4)16(3)8-9-22-21;1-16(2)13-17-11-12-22-21(14-17)20-10-6-9-19(15-20)18-7-4-3-5-8-18;1-15(2)17-11-12-21-20(14-17)19-10-6-9-18(13-19)16-7-4-3-5-8-16;1-2-15-11-12-20-19(13-15)18-10-6-9-17(14-18)16-7-4-3-5-8-16;18-16-9-10-19-17(12-16)15-8-4-7-14(11-15)13-5-2-1-3-6-13;;;;;/h5-6,8-13H,1-4H3;3-9,11-12,14-16H,13H2,1-2H3;3-9,11-15H,1-2H3;3-9,11-14H,2H2,1H3;1-7,9-12H;;;;;/q5*-1;;;;;. The quantitative estimate of drug-likeness (QED) is 0.102. The van der Waals surface area contributed by atoms with Crippen LogP contribution in [-0.2, 0) is 113 Å². The minimum atomic E-state index is -0.288. The van der Waals surface area contributed by atoms with Gasteiger partial charge in [0.15, 0.2) is 0 Å². The van der Waals surface area contributed by atoms with Crippen LogP contribution in [0, 0.1) is 69.8 Å². The van der Waals surface area contributed by atoms with Gasteiger partial charge in [0.1, 0.15) is 5.82 Å². The molecule has 0 bridgehead atoms. The van der Waals surface area contributed by atoms with Crippen LogP contribution in [0.3, 0.4) is 0 Å². The summed E-state index contributed by atoms with van der Waals surface area (Å²) in [6.45, 7) is 19.5. The molecule has 0 saturated heterocycles. The Bertz CT molecular complexity index is 5230. The van der Waals surface area contributed by atoms with Crippen LogP contribution >= 0.6 is 0 Å². The van der Waals surface area contributed by atoms with Crippen molar-refractivity contribution in [2.45, 2.75) is 81.1 Å². The van der Waals surface area contributed by atoms with Crippen molar-refractivity contribution in [3.63, 3.8) is 0 Å². The Hall–Kier alpha value is -8.87. The van der Waals surface area contributed by atoms with Crippen LogP contribution in [-0.4, -0.2) is 24.9 Å². The van der Waals surface area contributed by atoms with E-state index in [0.29, 0.717) is 17.5 Å². The first-order valence-corrected chi connectivity index (χ1v) is 35.5. The van der Waals surface area contributed by atoms with Gasteiger partial charge in [-0.05, 0) is 145 Å². The number of hydrogen-bond acceptors (Lipinski definition) is 5. The molecule has 10 aromatic carbocycles. The molecule has 0 N–H and O–H groups in total. The maximum atomic E-state index is 13.2. The SMILES string of the molecule is CC(C)Cc1ccnc(-c2[c-]ccc(-c3ccccc3)c2)c1.CC(C)c1ccnc(-c2[c-]ccc(-c3ccccc3)c2)c1.CCc1ccnc(-c2[c-]ccc(-c3ccccc3)c2)c1.Cc1cc(C)cc(-c2cc[c-]c(-c3nccc(C)c3C)c2)c1.Fc1ccnc(-c2[c-]ccc(-c3ccccc3)c2)c1.[Ir].[Ir].[Ir].[Ir].[Ir]. The molecule has 5 nitrogen and oxygen atoms in total. The van der Waals surface area contributed by atoms with Crippen molar-refractivity contribution < 1.29 is 105 Å². The molecule has 15 aromatic rings. The van der Waals surface area contributed by atoms with Gasteiger partial charge in [0, 0.05) is 132 Å². The molecule has 15 rings (SSSR count). The molecule has 5 radical (unpaired) electrons. The second-order valence-corrected chi connectivity index (χ2v) is 26.4. The molecule has 559 valence electrons. The molecule has 0 atom stereocenters. The van der Waals surface area contributed by atoms with Crippen molar-refractivity contribution in [3.8, 4) is 112 Å².